The number of nitrogens with zero attached hydrogens (tertiary/aromatic N) is 1. The highest BCUT2D eigenvalue weighted by molar-refractivity contribution is 7.10. The lowest BCUT2D eigenvalue weighted by molar-refractivity contribution is -0.145. The van der Waals surface area contributed by atoms with Crippen molar-refractivity contribution in [2.75, 3.05) is 7.05 Å². The number of rotatable bonds is 2. The lowest BCUT2D eigenvalue weighted by atomic mass is 9.79. The molecule has 2 saturated heterocycles. The number of carboxylic acid groups (broad SMARTS) is 1. The van der Waals surface area contributed by atoms with Crippen molar-refractivity contribution >= 4 is 17.3 Å². The van der Waals surface area contributed by atoms with Gasteiger partial charge in [0, 0.05) is 22.9 Å². The summed E-state index contributed by atoms with van der Waals surface area (Å²) in [6.07, 6.45) is 3.12. The molecule has 2 aliphatic rings. The Labute approximate surface area is 105 Å². The number of piperidine rings is 1. The van der Waals surface area contributed by atoms with Crippen LogP contribution in [0.25, 0.3) is 0 Å². The first-order valence-corrected chi connectivity index (χ1v) is 7.04. The number of thiophene rings is 1. The van der Waals surface area contributed by atoms with Gasteiger partial charge in [-0.15, -0.1) is 11.3 Å². The highest BCUT2D eigenvalue weighted by Gasteiger charge is 2.48. The number of carboxylic acids is 1. The molecule has 4 heteroatoms. The summed E-state index contributed by atoms with van der Waals surface area (Å²) < 4.78 is 0. The van der Waals surface area contributed by atoms with Gasteiger partial charge in [0.25, 0.3) is 0 Å². The molecule has 0 aliphatic carbocycles. The predicted molar refractivity (Wildman–Crippen MR) is 67.4 cm³/mol. The van der Waals surface area contributed by atoms with Crippen LogP contribution in [0, 0.1) is 5.92 Å². The molecule has 3 nitrogen and oxygen atoms in total. The third-order valence-corrected chi connectivity index (χ3v) is 5.43. The van der Waals surface area contributed by atoms with Gasteiger partial charge in [-0.2, -0.15) is 0 Å². The smallest absolute Gasteiger partial charge is 0.307 e. The van der Waals surface area contributed by atoms with Crippen molar-refractivity contribution in [3.63, 3.8) is 0 Å². The average molecular weight is 251 g/mol. The van der Waals surface area contributed by atoms with Crippen LogP contribution in [-0.2, 0) is 4.79 Å². The highest BCUT2D eigenvalue weighted by atomic mass is 32.1. The Balaban J connectivity index is 1.98. The van der Waals surface area contributed by atoms with E-state index in [0.717, 1.165) is 19.3 Å². The molecule has 2 bridgehead atoms. The fraction of sp³-hybridized carbons (Fsp3) is 0.615. The molecule has 3 heterocycles. The van der Waals surface area contributed by atoms with Gasteiger partial charge < -0.3 is 5.11 Å². The maximum Gasteiger partial charge on any atom is 0.307 e. The average Bonchev–Trinajstić information content (AvgIpc) is 2.87. The van der Waals surface area contributed by atoms with E-state index in [0.29, 0.717) is 12.1 Å². The van der Waals surface area contributed by atoms with Crippen LogP contribution in [0.2, 0.25) is 0 Å². The molecule has 0 radical (unpaired) electrons. The Morgan fingerprint density at radius 2 is 2.35 bits per heavy atom. The predicted octanol–water partition coefficient (Wildman–Crippen LogP) is 2.40. The quantitative estimate of drug-likeness (QED) is 0.877. The van der Waals surface area contributed by atoms with Crippen molar-refractivity contribution < 1.29 is 9.90 Å². The lowest BCUT2D eigenvalue weighted by Gasteiger charge is -2.41. The zero-order chi connectivity index (χ0) is 12.0. The number of hydrogen-bond donors (Lipinski definition) is 1. The van der Waals surface area contributed by atoms with E-state index in [4.69, 9.17) is 0 Å². The van der Waals surface area contributed by atoms with Gasteiger partial charge in [0.1, 0.15) is 0 Å². The minimum absolute atomic E-state index is 0.191. The first-order chi connectivity index (χ1) is 8.18. The first kappa shape index (κ1) is 11.2. The molecule has 4 atom stereocenters. The second-order valence-electron chi connectivity index (χ2n) is 5.19. The van der Waals surface area contributed by atoms with E-state index in [1.165, 1.54) is 4.88 Å². The molecule has 0 unspecified atom stereocenters. The van der Waals surface area contributed by atoms with Crippen molar-refractivity contribution in [3.05, 3.63) is 22.4 Å². The molecule has 1 aromatic heterocycles. The van der Waals surface area contributed by atoms with Crippen LogP contribution in [0.4, 0.5) is 0 Å². The molecule has 92 valence electrons. The number of aliphatic carboxylic acids is 1. The Morgan fingerprint density at radius 1 is 1.53 bits per heavy atom. The molecule has 17 heavy (non-hydrogen) atoms. The summed E-state index contributed by atoms with van der Waals surface area (Å²) in [4.78, 5) is 15.1. The van der Waals surface area contributed by atoms with Gasteiger partial charge in [-0.25, -0.2) is 0 Å². The summed E-state index contributed by atoms with van der Waals surface area (Å²) in [5, 5.41) is 11.5. The van der Waals surface area contributed by atoms with Gasteiger partial charge in [-0.05, 0) is 37.8 Å². The van der Waals surface area contributed by atoms with E-state index < -0.39 is 5.97 Å². The maximum atomic E-state index is 11.5. The van der Waals surface area contributed by atoms with Gasteiger partial charge in [0.2, 0.25) is 0 Å². The normalized spacial score (nSPS) is 37.2. The van der Waals surface area contributed by atoms with Crippen molar-refractivity contribution in [2.45, 2.75) is 37.3 Å². The molecule has 1 aromatic rings. The van der Waals surface area contributed by atoms with Crippen molar-refractivity contribution in [2.24, 2.45) is 5.92 Å². The number of likely N-dealkylation sites (N-methyl/N-ethyl adjacent to an activating group) is 1. The van der Waals surface area contributed by atoms with Crippen molar-refractivity contribution in [3.8, 4) is 0 Å². The number of carbonyl (C=O) groups is 1. The summed E-state index contributed by atoms with van der Waals surface area (Å²) in [7, 11) is 2.15. The minimum Gasteiger partial charge on any atom is -0.481 e. The van der Waals surface area contributed by atoms with Crippen LogP contribution >= 0.6 is 11.3 Å². The minimum atomic E-state index is -0.617. The van der Waals surface area contributed by atoms with Gasteiger partial charge in [0.05, 0.1) is 5.92 Å². The summed E-state index contributed by atoms with van der Waals surface area (Å²) >= 11 is 1.70. The molecule has 0 spiro atoms. The van der Waals surface area contributed by atoms with Crippen LogP contribution in [0.15, 0.2) is 17.5 Å². The topological polar surface area (TPSA) is 40.5 Å². The van der Waals surface area contributed by atoms with Crippen molar-refractivity contribution in [1.82, 2.24) is 4.90 Å². The maximum absolute atomic E-state index is 11.5. The third kappa shape index (κ3) is 1.70. The first-order valence-electron chi connectivity index (χ1n) is 6.16. The van der Waals surface area contributed by atoms with Crippen LogP contribution in [0.1, 0.15) is 30.1 Å². The van der Waals surface area contributed by atoms with E-state index in [2.05, 4.69) is 23.4 Å². The van der Waals surface area contributed by atoms with Crippen LogP contribution in [-0.4, -0.2) is 35.1 Å². The van der Waals surface area contributed by atoms with Crippen molar-refractivity contribution in [1.29, 1.82) is 0 Å². The number of fused-ring (bicyclic) bond motifs is 2. The monoisotopic (exact) mass is 251 g/mol. The molecule has 0 amide bonds. The van der Waals surface area contributed by atoms with Crippen LogP contribution in [0.5, 0.6) is 0 Å². The fourth-order valence-corrected chi connectivity index (χ4v) is 4.54. The molecular weight excluding hydrogens is 234 g/mol. The Bertz CT molecular complexity index is 417. The Hall–Kier alpha value is -0.870. The highest BCUT2D eigenvalue weighted by Crippen LogP contribution is 2.47. The molecule has 2 aliphatic heterocycles. The van der Waals surface area contributed by atoms with E-state index in [9.17, 15) is 9.90 Å². The third-order valence-electron chi connectivity index (χ3n) is 4.46. The largest absolute Gasteiger partial charge is 0.481 e. The molecule has 0 saturated carbocycles. The Kier molecular flexibility index (Phi) is 2.71. The fourth-order valence-electron chi connectivity index (χ4n) is 3.59. The van der Waals surface area contributed by atoms with Crippen LogP contribution in [0.3, 0.4) is 0 Å². The van der Waals surface area contributed by atoms with E-state index in [-0.39, 0.29) is 11.8 Å². The van der Waals surface area contributed by atoms with Crippen LogP contribution < -0.4 is 0 Å². The summed E-state index contributed by atoms with van der Waals surface area (Å²) in [5.41, 5.74) is 0. The van der Waals surface area contributed by atoms with E-state index in [1.807, 2.05) is 6.07 Å². The van der Waals surface area contributed by atoms with E-state index in [1.54, 1.807) is 11.3 Å². The standard InChI is InChI=1S/C13H17NO2S/c1-14-8-4-5-10(14)12(9(7-8)13(15)16)11-3-2-6-17-11/h2-3,6,8-10,12H,4-5,7H2,1H3,(H,15,16)/t8-,9-,10+,12-/m0/s1. The molecule has 1 N–H and O–H groups in total. The van der Waals surface area contributed by atoms with Gasteiger partial charge in [-0.1, -0.05) is 6.07 Å². The van der Waals surface area contributed by atoms with Gasteiger partial charge in [0.15, 0.2) is 0 Å². The molecule has 3 rings (SSSR count). The summed E-state index contributed by atoms with van der Waals surface area (Å²) in [6.45, 7) is 0. The second kappa shape index (κ2) is 4.10. The zero-order valence-electron chi connectivity index (χ0n) is 9.87. The lowest BCUT2D eigenvalue weighted by Crippen LogP contribution is -2.47. The van der Waals surface area contributed by atoms with E-state index >= 15 is 0 Å². The van der Waals surface area contributed by atoms with Gasteiger partial charge in [-0.3, -0.25) is 9.69 Å². The number of hydrogen-bond acceptors (Lipinski definition) is 3. The zero-order valence-corrected chi connectivity index (χ0v) is 10.7. The SMILES string of the molecule is CN1[C@H]2CC[C@@H]1[C@@H](c1cccs1)[C@@H](C(=O)O)C2. The Morgan fingerprint density at radius 3 is 3.00 bits per heavy atom. The molecule has 2 fully saturated rings. The van der Waals surface area contributed by atoms with Gasteiger partial charge >= 0.3 is 5.97 Å². The summed E-state index contributed by atoms with van der Waals surface area (Å²) in [6, 6.07) is 5.03. The summed E-state index contributed by atoms with van der Waals surface area (Å²) in [5.74, 6) is -0.619. The second-order valence-corrected chi connectivity index (χ2v) is 6.16. The molecule has 0 aromatic carbocycles. The molecular formula is C13H17NO2S.